The summed E-state index contributed by atoms with van der Waals surface area (Å²) >= 11 is 0. The molecule has 2 rings (SSSR count). The Morgan fingerprint density at radius 2 is 2.40 bits per heavy atom. The van der Waals surface area contributed by atoms with Gasteiger partial charge in [-0.15, -0.1) is 0 Å². The topological polar surface area (TPSA) is 66.8 Å². The lowest BCUT2D eigenvalue weighted by molar-refractivity contribution is -0.136. The molecule has 0 aromatic heterocycles. The van der Waals surface area contributed by atoms with Crippen LogP contribution in [0.5, 0.6) is 0 Å². The minimum Gasteiger partial charge on any atom is -0.393 e. The Bertz CT molecular complexity index is 369. The van der Waals surface area contributed by atoms with Gasteiger partial charge in [0.2, 0.25) is 0 Å². The van der Waals surface area contributed by atoms with E-state index in [9.17, 15) is 15.0 Å². The van der Waals surface area contributed by atoms with Crippen LogP contribution < -0.4 is 0 Å². The van der Waals surface area contributed by atoms with Crippen molar-refractivity contribution < 1.29 is 19.7 Å². The van der Waals surface area contributed by atoms with Gasteiger partial charge in [0, 0.05) is 0 Å². The maximum absolute atomic E-state index is 11.6. The quantitative estimate of drug-likeness (QED) is 0.666. The fourth-order valence-electron chi connectivity index (χ4n) is 2.12. The highest BCUT2D eigenvalue weighted by molar-refractivity contribution is 5.98. The van der Waals surface area contributed by atoms with Crippen LogP contribution in [0.1, 0.15) is 0 Å². The summed E-state index contributed by atoms with van der Waals surface area (Å²) in [5, 5.41) is 18.9. The molecule has 1 heterocycles. The van der Waals surface area contributed by atoms with Crippen LogP contribution in [0.2, 0.25) is 0 Å². The van der Waals surface area contributed by atoms with Crippen LogP contribution in [0, 0.1) is 5.92 Å². The molecule has 2 N–H and O–H groups in total. The van der Waals surface area contributed by atoms with Gasteiger partial charge in [-0.25, -0.2) is 0 Å². The standard InChI is InChI=1S/C11H12O4/c1-2-3-7-9-8(13)4-5-11(9,6-12)15-10(7)14/h2-5,9-10,12,14H,1,6H2/b7-3+/t9-,10-,11-/m0/s1. The molecule has 2 aliphatic rings. The molecule has 1 fully saturated rings. The van der Waals surface area contributed by atoms with Crippen LogP contribution in [0.25, 0.3) is 0 Å². The fraction of sp³-hybridized carbons (Fsp3) is 0.364. The first-order valence-corrected chi connectivity index (χ1v) is 4.67. The molecular weight excluding hydrogens is 196 g/mol. The van der Waals surface area contributed by atoms with Gasteiger partial charge in [0.05, 0.1) is 12.5 Å². The second-order valence-electron chi connectivity index (χ2n) is 3.65. The van der Waals surface area contributed by atoms with E-state index in [0.29, 0.717) is 5.57 Å². The predicted molar refractivity (Wildman–Crippen MR) is 52.8 cm³/mol. The smallest absolute Gasteiger partial charge is 0.179 e. The summed E-state index contributed by atoms with van der Waals surface area (Å²) in [6, 6.07) is 0. The molecular formula is C11H12O4. The van der Waals surface area contributed by atoms with Crippen molar-refractivity contribution in [3.05, 3.63) is 36.5 Å². The van der Waals surface area contributed by atoms with E-state index in [1.807, 2.05) is 0 Å². The molecule has 0 unspecified atom stereocenters. The van der Waals surface area contributed by atoms with Gasteiger partial charge in [0.15, 0.2) is 12.1 Å². The lowest BCUT2D eigenvalue weighted by Gasteiger charge is -2.22. The van der Waals surface area contributed by atoms with Crippen molar-refractivity contribution in [3.63, 3.8) is 0 Å². The number of hydrogen-bond acceptors (Lipinski definition) is 4. The van der Waals surface area contributed by atoms with E-state index in [1.54, 1.807) is 6.08 Å². The Morgan fingerprint density at radius 3 is 3.00 bits per heavy atom. The molecule has 4 heteroatoms. The van der Waals surface area contributed by atoms with E-state index in [2.05, 4.69) is 6.58 Å². The molecule has 1 aliphatic carbocycles. The Balaban J connectivity index is 2.45. The molecule has 0 bridgehead atoms. The molecule has 1 aliphatic heterocycles. The maximum atomic E-state index is 11.6. The Kier molecular flexibility index (Phi) is 2.34. The van der Waals surface area contributed by atoms with Gasteiger partial charge < -0.3 is 14.9 Å². The molecule has 0 radical (unpaired) electrons. The first-order valence-electron chi connectivity index (χ1n) is 4.67. The van der Waals surface area contributed by atoms with E-state index >= 15 is 0 Å². The SMILES string of the molecule is C=C/C=C1\[C@H]2C(=O)C=C[C@@]2(CO)O[C@@H]1O. The monoisotopic (exact) mass is 208 g/mol. The number of ketones is 1. The van der Waals surface area contributed by atoms with E-state index < -0.39 is 17.8 Å². The first kappa shape index (κ1) is 10.3. The third kappa shape index (κ3) is 1.30. The van der Waals surface area contributed by atoms with E-state index in [4.69, 9.17) is 4.74 Å². The number of rotatable bonds is 2. The molecule has 0 aromatic rings. The second-order valence-corrected chi connectivity index (χ2v) is 3.65. The number of aliphatic hydroxyl groups is 2. The highest BCUT2D eigenvalue weighted by Crippen LogP contribution is 2.44. The van der Waals surface area contributed by atoms with E-state index in [0.717, 1.165) is 0 Å². The minimum absolute atomic E-state index is 0.159. The number of hydrogen-bond donors (Lipinski definition) is 2. The summed E-state index contributed by atoms with van der Waals surface area (Å²) < 4.78 is 5.24. The summed E-state index contributed by atoms with van der Waals surface area (Å²) in [6.07, 6.45) is 4.78. The maximum Gasteiger partial charge on any atom is 0.179 e. The van der Waals surface area contributed by atoms with Crippen LogP contribution in [0.4, 0.5) is 0 Å². The lowest BCUT2D eigenvalue weighted by Crippen LogP contribution is -2.37. The van der Waals surface area contributed by atoms with E-state index in [-0.39, 0.29) is 12.4 Å². The Labute approximate surface area is 87.2 Å². The van der Waals surface area contributed by atoms with Crippen molar-refractivity contribution in [1.82, 2.24) is 0 Å². The molecule has 0 saturated carbocycles. The molecule has 15 heavy (non-hydrogen) atoms. The van der Waals surface area contributed by atoms with Crippen LogP contribution in [-0.2, 0) is 9.53 Å². The van der Waals surface area contributed by atoms with Gasteiger partial charge in [-0.05, 0) is 17.7 Å². The molecule has 1 saturated heterocycles. The lowest BCUT2D eigenvalue weighted by atomic mass is 9.86. The fourth-order valence-corrected chi connectivity index (χ4v) is 2.12. The third-order valence-corrected chi connectivity index (χ3v) is 2.81. The second kappa shape index (κ2) is 3.41. The first-order chi connectivity index (χ1) is 7.14. The number of allylic oxidation sites excluding steroid dienone is 3. The average Bonchev–Trinajstić information content (AvgIpc) is 2.67. The van der Waals surface area contributed by atoms with Gasteiger partial charge in [0.25, 0.3) is 0 Å². The van der Waals surface area contributed by atoms with Crippen LogP contribution in [0.15, 0.2) is 36.5 Å². The number of carbonyl (C=O) groups is 1. The summed E-state index contributed by atoms with van der Waals surface area (Å²) in [7, 11) is 0. The molecule has 0 aromatic carbocycles. The number of fused-ring (bicyclic) bond motifs is 1. The molecule has 80 valence electrons. The normalized spacial score (nSPS) is 41.2. The van der Waals surface area contributed by atoms with Gasteiger partial charge >= 0.3 is 0 Å². The largest absolute Gasteiger partial charge is 0.393 e. The third-order valence-electron chi connectivity index (χ3n) is 2.81. The van der Waals surface area contributed by atoms with Crippen molar-refractivity contribution in [2.45, 2.75) is 11.9 Å². The minimum atomic E-state index is -1.14. The average molecular weight is 208 g/mol. The van der Waals surface area contributed by atoms with Crippen LogP contribution in [-0.4, -0.2) is 34.5 Å². The number of aliphatic hydroxyl groups excluding tert-OH is 2. The summed E-state index contributed by atoms with van der Waals surface area (Å²) in [4.78, 5) is 11.6. The van der Waals surface area contributed by atoms with Crippen molar-refractivity contribution >= 4 is 5.78 Å². The highest BCUT2D eigenvalue weighted by atomic mass is 16.6. The number of ether oxygens (including phenoxy) is 1. The van der Waals surface area contributed by atoms with Crippen molar-refractivity contribution in [1.29, 1.82) is 0 Å². The molecule has 0 amide bonds. The van der Waals surface area contributed by atoms with Gasteiger partial charge in [0.1, 0.15) is 5.60 Å². The van der Waals surface area contributed by atoms with Gasteiger partial charge in [-0.2, -0.15) is 0 Å². The van der Waals surface area contributed by atoms with Crippen LogP contribution >= 0.6 is 0 Å². The molecule has 4 nitrogen and oxygen atoms in total. The highest BCUT2D eigenvalue weighted by Gasteiger charge is 2.55. The zero-order valence-corrected chi connectivity index (χ0v) is 8.09. The van der Waals surface area contributed by atoms with E-state index in [1.165, 1.54) is 18.2 Å². The van der Waals surface area contributed by atoms with Gasteiger partial charge in [-0.1, -0.05) is 18.7 Å². The van der Waals surface area contributed by atoms with Gasteiger partial charge in [-0.3, -0.25) is 4.79 Å². The Hall–Kier alpha value is -1.23. The number of carbonyl (C=O) groups excluding carboxylic acids is 1. The molecule has 3 atom stereocenters. The predicted octanol–water partition coefficient (Wildman–Crippen LogP) is -0.0664. The summed E-state index contributed by atoms with van der Waals surface area (Å²) in [6.45, 7) is 3.18. The summed E-state index contributed by atoms with van der Waals surface area (Å²) in [5.41, 5.74) is -0.625. The zero-order valence-electron chi connectivity index (χ0n) is 8.09. The molecule has 0 spiro atoms. The summed E-state index contributed by atoms with van der Waals surface area (Å²) in [5.74, 6) is -0.774. The van der Waals surface area contributed by atoms with Crippen LogP contribution in [0.3, 0.4) is 0 Å². The zero-order chi connectivity index (χ0) is 11.1. The van der Waals surface area contributed by atoms with Crippen molar-refractivity contribution in [3.8, 4) is 0 Å². The van der Waals surface area contributed by atoms with Crippen molar-refractivity contribution in [2.24, 2.45) is 5.92 Å². The van der Waals surface area contributed by atoms with Crippen molar-refractivity contribution in [2.75, 3.05) is 6.61 Å². The Morgan fingerprint density at radius 1 is 1.67 bits per heavy atom.